The first-order chi connectivity index (χ1) is 10.2. The van der Waals surface area contributed by atoms with Crippen LogP contribution in [0.1, 0.15) is 18.3 Å². The van der Waals surface area contributed by atoms with Gasteiger partial charge in [0.2, 0.25) is 0 Å². The molecule has 1 aromatic carbocycles. The van der Waals surface area contributed by atoms with E-state index >= 15 is 0 Å². The molecule has 2 heterocycles. The fourth-order valence-corrected chi connectivity index (χ4v) is 2.52. The highest BCUT2D eigenvalue weighted by Crippen LogP contribution is 2.16. The SMILES string of the molecule is CCc1cc(Cn2cnc(-c3ccc(I)cc3)n2)n(C)n1. The second-order valence-electron chi connectivity index (χ2n) is 4.88. The highest BCUT2D eigenvalue weighted by atomic mass is 127. The van der Waals surface area contributed by atoms with Gasteiger partial charge in [-0.3, -0.25) is 4.68 Å². The molecule has 0 unspecified atom stereocenters. The monoisotopic (exact) mass is 393 g/mol. The number of benzene rings is 1. The molecular weight excluding hydrogens is 377 g/mol. The van der Waals surface area contributed by atoms with Crippen molar-refractivity contribution in [1.82, 2.24) is 24.5 Å². The maximum Gasteiger partial charge on any atom is 0.181 e. The van der Waals surface area contributed by atoms with Gasteiger partial charge in [-0.05, 0) is 47.2 Å². The Hall–Kier alpha value is -1.70. The van der Waals surface area contributed by atoms with Crippen molar-refractivity contribution < 1.29 is 0 Å². The Bertz CT molecular complexity index is 742. The smallest absolute Gasteiger partial charge is 0.181 e. The van der Waals surface area contributed by atoms with Crippen LogP contribution in [-0.4, -0.2) is 24.5 Å². The molecule has 6 heteroatoms. The van der Waals surface area contributed by atoms with E-state index in [9.17, 15) is 0 Å². The molecule has 0 aliphatic rings. The summed E-state index contributed by atoms with van der Waals surface area (Å²) in [5, 5.41) is 9.00. The van der Waals surface area contributed by atoms with Crippen LogP contribution < -0.4 is 0 Å². The van der Waals surface area contributed by atoms with Gasteiger partial charge in [0, 0.05) is 16.2 Å². The number of rotatable bonds is 4. The van der Waals surface area contributed by atoms with Gasteiger partial charge in [0.1, 0.15) is 6.33 Å². The zero-order chi connectivity index (χ0) is 14.8. The first kappa shape index (κ1) is 14.2. The quantitative estimate of drug-likeness (QED) is 0.641. The molecule has 108 valence electrons. The van der Waals surface area contributed by atoms with Crippen LogP contribution in [0, 0.1) is 3.57 Å². The van der Waals surface area contributed by atoms with Crippen molar-refractivity contribution in [2.24, 2.45) is 7.05 Å². The lowest BCUT2D eigenvalue weighted by atomic mass is 10.2. The van der Waals surface area contributed by atoms with Crippen molar-refractivity contribution in [2.45, 2.75) is 19.9 Å². The molecule has 0 saturated carbocycles. The van der Waals surface area contributed by atoms with E-state index in [-0.39, 0.29) is 0 Å². The van der Waals surface area contributed by atoms with Crippen LogP contribution in [0.4, 0.5) is 0 Å². The number of hydrogen-bond donors (Lipinski definition) is 0. The molecule has 0 N–H and O–H groups in total. The molecule has 0 bridgehead atoms. The summed E-state index contributed by atoms with van der Waals surface area (Å²) in [4.78, 5) is 4.39. The van der Waals surface area contributed by atoms with Crippen LogP contribution in [0.25, 0.3) is 11.4 Å². The van der Waals surface area contributed by atoms with Gasteiger partial charge in [0.15, 0.2) is 5.82 Å². The lowest BCUT2D eigenvalue weighted by Gasteiger charge is -2.01. The lowest BCUT2D eigenvalue weighted by Crippen LogP contribution is -2.06. The molecule has 0 fully saturated rings. The fourth-order valence-electron chi connectivity index (χ4n) is 2.16. The summed E-state index contributed by atoms with van der Waals surface area (Å²) < 4.78 is 4.97. The zero-order valence-electron chi connectivity index (χ0n) is 12.0. The summed E-state index contributed by atoms with van der Waals surface area (Å²) in [5.74, 6) is 0.754. The second kappa shape index (κ2) is 5.97. The van der Waals surface area contributed by atoms with Crippen molar-refractivity contribution >= 4 is 22.6 Å². The Balaban J connectivity index is 1.81. The Morgan fingerprint density at radius 2 is 1.90 bits per heavy atom. The van der Waals surface area contributed by atoms with Gasteiger partial charge in [-0.25, -0.2) is 9.67 Å². The lowest BCUT2D eigenvalue weighted by molar-refractivity contribution is 0.617. The predicted octanol–water partition coefficient (Wildman–Crippen LogP) is 2.89. The third-order valence-electron chi connectivity index (χ3n) is 3.35. The minimum absolute atomic E-state index is 0.681. The van der Waals surface area contributed by atoms with Crippen molar-refractivity contribution in [3.63, 3.8) is 0 Å². The third-order valence-corrected chi connectivity index (χ3v) is 4.07. The fraction of sp³-hybridized carbons (Fsp3) is 0.267. The Kier molecular flexibility index (Phi) is 4.05. The van der Waals surface area contributed by atoms with Gasteiger partial charge in [-0.1, -0.05) is 19.1 Å². The molecule has 0 aliphatic heterocycles. The predicted molar refractivity (Wildman–Crippen MR) is 89.9 cm³/mol. The van der Waals surface area contributed by atoms with E-state index in [1.165, 1.54) is 3.57 Å². The molecule has 0 saturated heterocycles. The third kappa shape index (κ3) is 3.15. The summed E-state index contributed by atoms with van der Waals surface area (Å²) >= 11 is 2.29. The number of aromatic nitrogens is 5. The van der Waals surface area contributed by atoms with Crippen molar-refractivity contribution in [2.75, 3.05) is 0 Å². The molecule has 5 nitrogen and oxygen atoms in total. The number of halogens is 1. The first-order valence-corrected chi connectivity index (χ1v) is 7.90. The van der Waals surface area contributed by atoms with E-state index in [0.717, 1.165) is 29.2 Å². The molecule has 0 atom stereocenters. The summed E-state index contributed by atoms with van der Waals surface area (Å²) in [5.41, 5.74) is 3.27. The molecular formula is C15H16IN5. The minimum atomic E-state index is 0.681. The highest BCUT2D eigenvalue weighted by molar-refractivity contribution is 14.1. The summed E-state index contributed by atoms with van der Waals surface area (Å²) in [6.45, 7) is 2.79. The molecule has 0 aliphatic carbocycles. The van der Waals surface area contributed by atoms with Crippen LogP contribution >= 0.6 is 22.6 Å². The number of nitrogens with zero attached hydrogens (tertiary/aromatic N) is 5. The first-order valence-electron chi connectivity index (χ1n) is 6.83. The normalized spacial score (nSPS) is 11.0. The second-order valence-corrected chi connectivity index (χ2v) is 6.12. The summed E-state index contributed by atoms with van der Waals surface area (Å²) in [6, 6.07) is 10.3. The average molecular weight is 393 g/mol. The summed E-state index contributed by atoms with van der Waals surface area (Å²) in [7, 11) is 1.96. The summed E-state index contributed by atoms with van der Waals surface area (Å²) in [6.07, 6.45) is 2.71. The molecule has 2 aromatic heterocycles. The van der Waals surface area contributed by atoms with Crippen molar-refractivity contribution in [3.8, 4) is 11.4 Å². The molecule has 0 spiro atoms. The maximum atomic E-state index is 4.54. The van der Waals surface area contributed by atoms with Crippen LogP contribution in [0.15, 0.2) is 36.7 Å². The highest BCUT2D eigenvalue weighted by Gasteiger charge is 2.08. The molecule has 3 aromatic rings. The largest absolute Gasteiger partial charge is 0.270 e. The van der Waals surface area contributed by atoms with Crippen LogP contribution in [0.5, 0.6) is 0 Å². The molecule has 3 rings (SSSR count). The van der Waals surface area contributed by atoms with E-state index in [1.54, 1.807) is 6.33 Å². The Morgan fingerprint density at radius 3 is 2.57 bits per heavy atom. The van der Waals surface area contributed by atoms with E-state index in [0.29, 0.717) is 6.54 Å². The van der Waals surface area contributed by atoms with Crippen molar-refractivity contribution in [1.29, 1.82) is 0 Å². The van der Waals surface area contributed by atoms with Gasteiger partial charge in [0.05, 0.1) is 17.9 Å². The Labute approximate surface area is 137 Å². The number of aryl methyl sites for hydroxylation is 2. The van der Waals surface area contributed by atoms with E-state index < -0.39 is 0 Å². The molecule has 0 amide bonds. The minimum Gasteiger partial charge on any atom is -0.270 e. The topological polar surface area (TPSA) is 48.5 Å². The van der Waals surface area contributed by atoms with Gasteiger partial charge >= 0.3 is 0 Å². The van der Waals surface area contributed by atoms with Gasteiger partial charge in [-0.2, -0.15) is 10.2 Å². The average Bonchev–Trinajstić information content (AvgIpc) is 3.08. The van der Waals surface area contributed by atoms with Gasteiger partial charge in [0.25, 0.3) is 0 Å². The van der Waals surface area contributed by atoms with Crippen LogP contribution in [0.2, 0.25) is 0 Å². The molecule has 21 heavy (non-hydrogen) atoms. The maximum absolute atomic E-state index is 4.54. The van der Waals surface area contributed by atoms with E-state index in [1.807, 2.05) is 28.5 Å². The van der Waals surface area contributed by atoms with Crippen LogP contribution in [-0.2, 0) is 20.0 Å². The van der Waals surface area contributed by atoms with Gasteiger partial charge in [-0.15, -0.1) is 0 Å². The zero-order valence-corrected chi connectivity index (χ0v) is 14.1. The van der Waals surface area contributed by atoms with E-state index in [4.69, 9.17) is 0 Å². The molecule has 0 radical (unpaired) electrons. The van der Waals surface area contributed by atoms with E-state index in [2.05, 4.69) is 62.9 Å². The number of hydrogen-bond acceptors (Lipinski definition) is 3. The standard InChI is InChI=1S/C15H16IN5/c1-3-13-8-14(20(2)18-13)9-21-10-17-15(19-21)11-4-6-12(16)7-5-11/h4-8,10H,3,9H2,1-2H3. The van der Waals surface area contributed by atoms with Gasteiger partial charge < -0.3 is 0 Å². The Morgan fingerprint density at radius 1 is 1.14 bits per heavy atom. The van der Waals surface area contributed by atoms with Crippen molar-refractivity contribution in [3.05, 3.63) is 51.6 Å². The van der Waals surface area contributed by atoms with Crippen LogP contribution in [0.3, 0.4) is 0 Å².